The van der Waals surface area contributed by atoms with Crippen molar-refractivity contribution in [3.63, 3.8) is 0 Å². The summed E-state index contributed by atoms with van der Waals surface area (Å²) in [5.74, 6) is 0. The molecule has 0 bridgehead atoms. The molecule has 0 saturated carbocycles. The lowest BCUT2D eigenvalue weighted by Crippen LogP contribution is -2.22. The first kappa shape index (κ1) is 15.7. The smallest absolute Gasteiger partial charge is 0.242 e. The van der Waals surface area contributed by atoms with Crippen LogP contribution in [0.5, 0.6) is 0 Å². The van der Waals surface area contributed by atoms with Crippen LogP contribution < -0.4 is 10.0 Å². The summed E-state index contributed by atoms with van der Waals surface area (Å²) in [5, 5.41) is 3.22. The van der Waals surface area contributed by atoms with Gasteiger partial charge in [0.2, 0.25) is 10.0 Å². The Morgan fingerprint density at radius 3 is 2.71 bits per heavy atom. The summed E-state index contributed by atoms with van der Waals surface area (Å²) in [6, 6.07) is 5.21. The molecule has 0 aliphatic rings. The van der Waals surface area contributed by atoms with Crippen molar-refractivity contribution in [2.75, 3.05) is 6.54 Å². The molecular formula is C14H20N4O2S. The number of hydrogen-bond acceptors (Lipinski definition) is 4. The van der Waals surface area contributed by atoms with Gasteiger partial charge in [0.05, 0.1) is 4.90 Å². The number of nitrogens with one attached hydrogen (secondary N) is 3. The highest BCUT2D eigenvalue weighted by Crippen LogP contribution is 2.11. The van der Waals surface area contributed by atoms with E-state index in [4.69, 9.17) is 0 Å². The Morgan fingerprint density at radius 2 is 2.00 bits per heavy atom. The molecule has 2 rings (SSSR count). The maximum absolute atomic E-state index is 12.2. The molecule has 0 saturated heterocycles. The molecule has 6 nitrogen and oxygen atoms in total. The SMILES string of the molecule is CCCNCc1cc(S(=O)(=O)NCc2ccncc2)c[nH]1. The van der Waals surface area contributed by atoms with Crippen molar-refractivity contribution in [3.8, 4) is 0 Å². The lowest BCUT2D eigenvalue weighted by Gasteiger charge is -2.04. The topological polar surface area (TPSA) is 86.9 Å². The first-order chi connectivity index (χ1) is 10.1. The van der Waals surface area contributed by atoms with Gasteiger partial charge in [-0.05, 0) is 36.7 Å². The van der Waals surface area contributed by atoms with Crippen LogP contribution >= 0.6 is 0 Å². The van der Waals surface area contributed by atoms with Gasteiger partial charge in [-0.25, -0.2) is 13.1 Å². The molecule has 0 aromatic carbocycles. The fourth-order valence-corrected chi connectivity index (χ4v) is 2.87. The molecule has 2 heterocycles. The molecule has 2 aromatic heterocycles. The number of aromatic amines is 1. The molecule has 21 heavy (non-hydrogen) atoms. The van der Waals surface area contributed by atoms with Gasteiger partial charge in [-0.1, -0.05) is 6.92 Å². The van der Waals surface area contributed by atoms with Gasteiger partial charge in [0.15, 0.2) is 0 Å². The molecule has 0 aliphatic heterocycles. The molecule has 0 amide bonds. The average Bonchev–Trinajstić information content (AvgIpc) is 2.96. The summed E-state index contributed by atoms with van der Waals surface area (Å²) < 4.78 is 26.9. The van der Waals surface area contributed by atoms with Crippen LogP contribution in [-0.4, -0.2) is 24.9 Å². The minimum absolute atomic E-state index is 0.249. The predicted octanol–water partition coefficient (Wildman–Crippen LogP) is 1.39. The Kier molecular flexibility index (Phi) is 5.49. The zero-order valence-corrected chi connectivity index (χ0v) is 12.8. The summed E-state index contributed by atoms with van der Waals surface area (Å²) in [6.07, 6.45) is 5.83. The van der Waals surface area contributed by atoms with Crippen LogP contribution in [0.1, 0.15) is 24.6 Å². The highest BCUT2D eigenvalue weighted by Gasteiger charge is 2.15. The Labute approximate surface area is 125 Å². The van der Waals surface area contributed by atoms with E-state index in [-0.39, 0.29) is 11.4 Å². The van der Waals surface area contributed by atoms with Crippen LogP contribution in [0.4, 0.5) is 0 Å². The van der Waals surface area contributed by atoms with Crippen LogP contribution in [0.3, 0.4) is 0 Å². The molecular weight excluding hydrogens is 288 g/mol. The predicted molar refractivity (Wildman–Crippen MR) is 81.1 cm³/mol. The standard InChI is InChI=1S/C14H20N4O2S/c1-2-5-16-10-13-8-14(11-17-13)21(19,20)18-9-12-3-6-15-7-4-12/h3-4,6-8,11,16-18H,2,5,9-10H2,1H3. The largest absolute Gasteiger partial charge is 0.363 e. The fraction of sp³-hybridized carbons (Fsp3) is 0.357. The lowest BCUT2D eigenvalue weighted by molar-refractivity contribution is 0.581. The van der Waals surface area contributed by atoms with E-state index >= 15 is 0 Å². The van der Waals surface area contributed by atoms with Crippen LogP contribution in [-0.2, 0) is 23.1 Å². The summed E-state index contributed by atoms with van der Waals surface area (Å²) in [6.45, 7) is 3.87. The molecule has 0 atom stereocenters. The number of rotatable bonds is 8. The van der Waals surface area contributed by atoms with Crippen molar-refractivity contribution in [1.82, 2.24) is 20.0 Å². The third-order valence-electron chi connectivity index (χ3n) is 2.98. The Balaban J connectivity index is 1.96. The first-order valence-corrected chi connectivity index (χ1v) is 8.36. The maximum Gasteiger partial charge on any atom is 0.242 e. The number of aromatic nitrogens is 2. The number of pyridine rings is 1. The Morgan fingerprint density at radius 1 is 1.24 bits per heavy atom. The molecule has 0 unspecified atom stereocenters. The second-order valence-electron chi connectivity index (χ2n) is 4.72. The van der Waals surface area contributed by atoms with E-state index in [9.17, 15) is 8.42 Å². The fourth-order valence-electron chi connectivity index (χ4n) is 1.84. The molecule has 3 N–H and O–H groups in total. The third kappa shape index (κ3) is 4.66. The van der Waals surface area contributed by atoms with Gasteiger partial charge >= 0.3 is 0 Å². The summed E-state index contributed by atoms with van der Waals surface area (Å²) in [5.41, 5.74) is 1.72. The van der Waals surface area contributed by atoms with E-state index in [1.165, 1.54) is 6.20 Å². The van der Waals surface area contributed by atoms with Crippen LogP contribution in [0, 0.1) is 0 Å². The van der Waals surface area contributed by atoms with Gasteiger partial charge in [0.1, 0.15) is 0 Å². The van der Waals surface area contributed by atoms with E-state index < -0.39 is 10.0 Å². The third-order valence-corrected chi connectivity index (χ3v) is 4.37. The lowest BCUT2D eigenvalue weighted by atomic mass is 10.3. The van der Waals surface area contributed by atoms with Crippen molar-refractivity contribution in [1.29, 1.82) is 0 Å². The van der Waals surface area contributed by atoms with Crippen LogP contribution in [0.15, 0.2) is 41.7 Å². The second kappa shape index (κ2) is 7.35. The molecule has 0 radical (unpaired) electrons. The number of H-pyrrole nitrogens is 1. The first-order valence-electron chi connectivity index (χ1n) is 6.88. The number of hydrogen-bond donors (Lipinski definition) is 3. The van der Waals surface area contributed by atoms with E-state index in [1.807, 2.05) is 0 Å². The number of nitrogens with zero attached hydrogens (tertiary/aromatic N) is 1. The average molecular weight is 308 g/mol. The number of sulfonamides is 1. The molecule has 114 valence electrons. The maximum atomic E-state index is 12.2. The second-order valence-corrected chi connectivity index (χ2v) is 6.48. The normalized spacial score (nSPS) is 11.7. The van der Waals surface area contributed by atoms with Gasteiger partial charge in [-0.15, -0.1) is 0 Å². The van der Waals surface area contributed by atoms with Gasteiger partial charge in [0.25, 0.3) is 0 Å². The minimum atomic E-state index is -3.50. The van der Waals surface area contributed by atoms with Gasteiger partial charge in [-0.2, -0.15) is 0 Å². The zero-order chi connectivity index (χ0) is 15.1. The van der Waals surface area contributed by atoms with E-state index in [0.717, 1.165) is 24.2 Å². The van der Waals surface area contributed by atoms with Crippen molar-refractivity contribution < 1.29 is 8.42 Å². The highest BCUT2D eigenvalue weighted by atomic mass is 32.2. The van der Waals surface area contributed by atoms with Crippen molar-refractivity contribution in [3.05, 3.63) is 48.0 Å². The Bertz CT molecular complexity index is 653. The summed E-state index contributed by atoms with van der Waals surface area (Å²) in [4.78, 5) is 7.13. The van der Waals surface area contributed by atoms with Gasteiger partial charge < -0.3 is 10.3 Å². The molecule has 0 fully saturated rings. The van der Waals surface area contributed by atoms with E-state index in [1.54, 1.807) is 30.6 Å². The van der Waals surface area contributed by atoms with Crippen molar-refractivity contribution in [2.24, 2.45) is 0 Å². The van der Waals surface area contributed by atoms with Gasteiger partial charge in [0, 0.05) is 37.4 Å². The van der Waals surface area contributed by atoms with Crippen molar-refractivity contribution >= 4 is 10.0 Å². The minimum Gasteiger partial charge on any atom is -0.363 e. The monoisotopic (exact) mass is 308 g/mol. The summed E-state index contributed by atoms with van der Waals surface area (Å²) >= 11 is 0. The molecule has 7 heteroatoms. The van der Waals surface area contributed by atoms with Gasteiger partial charge in [-0.3, -0.25) is 4.98 Å². The van der Waals surface area contributed by atoms with Crippen molar-refractivity contribution in [2.45, 2.75) is 31.3 Å². The molecule has 2 aromatic rings. The van der Waals surface area contributed by atoms with Crippen LogP contribution in [0.2, 0.25) is 0 Å². The Hall–Kier alpha value is -1.70. The van der Waals surface area contributed by atoms with E-state index in [2.05, 4.69) is 26.9 Å². The molecule has 0 spiro atoms. The highest BCUT2D eigenvalue weighted by molar-refractivity contribution is 7.89. The zero-order valence-electron chi connectivity index (χ0n) is 12.0. The quantitative estimate of drug-likeness (QED) is 0.643. The van der Waals surface area contributed by atoms with E-state index in [0.29, 0.717) is 6.54 Å². The van der Waals surface area contributed by atoms with Crippen LogP contribution in [0.25, 0.3) is 0 Å². The molecule has 0 aliphatic carbocycles. The summed E-state index contributed by atoms with van der Waals surface area (Å²) in [7, 11) is -3.50.